The van der Waals surface area contributed by atoms with Crippen LogP contribution >= 0.6 is 30.4 Å². The molecule has 0 aliphatic carbocycles. The van der Waals surface area contributed by atoms with Gasteiger partial charge in [0.2, 0.25) is 0 Å². The maximum atomic E-state index is 11.5. The van der Waals surface area contributed by atoms with Gasteiger partial charge in [-0.2, -0.15) is 0 Å². The molecular formula is C48H104MoO12P4. The SMILES string of the molecule is CCCCC(CC)COP(=O)([O-])CCCC.CCCCC(CC)COP(=O)([O-])CCCC.CCCCC(CC)COP(=O)([O-])CCCC.CCCCC(CC)COP(=O)([O-])CCCC.[Mo+4]. The summed E-state index contributed by atoms with van der Waals surface area (Å²) in [5.41, 5.74) is 0. The molecule has 394 valence electrons. The molecule has 8 unspecified atom stereocenters. The molecule has 0 aliphatic rings. The van der Waals surface area contributed by atoms with Crippen LogP contribution in [0, 0.1) is 23.7 Å². The Balaban J connectivity index is -0.000000245. The first-order valence-electron chi connectivity index (χ1n) is 26.0. The third-order valence-corrected chi connectivity index (χ3v) is 17.0. The molecule has 0 aromatic carbocycles. The second-order valence-corrected chi connectivity index (χ2v) is 25.3. The van der Waals surface area contributed by atoms with Gasteiger partial charge in [-0.1, -0.05) is 186 Å². The van der Waals surface area contributed by atoms with Gasteiger partial charge in [-0.25, -0.2) is 0 Å². The molecule has 0 heterocycles. The van der Waals surface area contributed by atoms with Crippen LogP contribution in [0.25, 0.3) is 0 Å². The number of hydrogen-bond donors (Lipinski definition) is 0. The zero-order chi connectivity index (χ0) is 49.8. The van der Waals surface area contributed by atoms with E-state index in [1.54, 1.807) is 0 Å². The van der Waals surface area contributed by atoms with Crippen molar-refractivity contribution in [3.63, 3.8) is 0 Å². The molecule has 0 aliphatic heterocycles. The Morgan fingerprint density at radius 3 is 0.585 bits per heavy atom. The molecule has 0 fully saturated rings. The van der Waals surface area contributed by atoms with Crippen molar-refractivity contribution in [1.29, 1.82) is 0 Å². The van der Waals surface area contributed by atoms with Gasteiger partial charge in [0, 0.05) is 24.6 Å². The third-order valence-electron chi connectivity index (χ3n) is 11.3. The second kappa shape index (κ2) is 50.2. The molecular weight excluding hydrogens is 988 g/mol. The fourth-order valence-corrected chi connectivity index (χ4v) is 11.2. The van der Waals surface area contributed by atoms with Crippen LogP contribution in [0.4, 0.5) is 0 Å². The molecule has 0 aromatic rings. The van der Waals surface area contributed by atoms with Crippen LogP contribution in [0.2, 0.25) is 0 Å². The smallest absolute Gasteiger partial charge is 0.778 e. The van der Waals surface area contributed by atoms with Crippen LogP contribution in [0.5, 0.6) is 0 Å². The maximum Gasteiger partial charge on any atom is 4.00 e. The summed E-state index contributed by atoms with van der Waals surface area (Å²) in [6, 6.07) is 0. The third kappa shape index (κ3) is 54.5. The van der Waals surface area contributed by atoms with Crippen molar-refractivity contribution in [2.24, 2.45) is 23.7 Å². The van der Waals surface area contributed by atoms with Gasteiger partial charge in [-0.3, -0.25) is 0 Å². The minimum Gasteiger partial charge on any atom is -0.778 e. The van der Waals surface area contributed by atoms with E-state index >= 15 is 0 Å². The molecule has 0 saturated carbocycles. The molecule has 0 radical (unpaired) electrons. The topological polar surface area (TPSA) is 197 Å². The fraction of sp³-hybridized carbons (Fsp3) is 1.00. The van der Waals surface area contributed by atoms with E-state index in [1.165, 1.54) is 0 Å². The number of unbranched alkanes of at least 4 members (excludes halogenated alkanes) is 8. The van der Waals surface area contributed by atoms with E-state index < -0.39 is 30.4 Å². The van der Waals surface area contributed by atoms with Gasteiger partial charge in [-0.05, 0) is 75.0 Å². The van der Waals surface area contributed by atoms with Crippen molar-refractivity contribution in [1.82, 2.24) is 0 Å². The zero-order valence-corrected chi connectivity index (χ0v) is 49.6. The quantitative estimate of drug-likeness (QED) is 0.0416. The summed E-state index contributed by atoms with van der Waals surface area (Å²) in [4.78, 5) is 46.0. The summed E-state index contributed by atoms with van der Waals surface area (Å²) in [5.74, 6) is 1.57. The molecule has 0 bridgehead atoms. The van der Waals surface area contributed by atoms with Gasteiger partial charge in [0.15, 0.2) is 0 Å². The van der Waals surface area contributed by atoms with Gasteiger partial charge >= 0.3 is 21.1 Å². The molecule has 12 nitrogen and oxygen atoms in total. The molecule has 17 heteroatoms. The van der Waals surface area contributed by atoms with Crippen molar-refractivity contribution in [3.05, 3.63) is 0 Å². The Labute approximate surface area is 417 Å². The molecule has 0 amide bonds. The van der Waals surface area contributed by atoms with Crippen LogP contribution in [-0.2, 0) is 57.4 Å². The first-order valence-corrected chi connectivity index (χ1v) is 32.9. The summed E-state index contributed by atoms with van der Waals surface area (Å²) in [7, 11) is -14.2. The predicted octanol–water partition coefficient (Wildman–Crippen LogP) is 14.3. The molecule has 8 atom stereocenters. The molecule has 0 rings (SSSR count). The van der Waals surface area contributed by atoms with E-state index in [1.807, 2.05) is 27.7 Å². The minimum absolute atomic E-state index is 0. The Morgan fingerprint density at radius 1 is 0.308 bits per heavy atom. The van der Waals surface area contributed by atoms with Gasteiger partial charge in [0.05, 0.1) is 26.4 Å². The second-order valence-electron chi connectivity index (χ2n) is 17.6. The van der Waals surface area contributed by atoms with E-state index in [2.05, 4.69) is 55.4 Å². The Hall–Kier alpha value is 1.29. The summed E-state index contributed by atoms with van der Waals surface area (Å²) in [5, 5.41) is 0. The molecule has 65 heavy (non-hydrogen) atoms. The fourth-order valence-electron chi connectivity index (χ4n) is 6.13. The van der Waals surface area contributed by atoms with Crippen LogP contribution in [0.1, 0.15) is 237 Å². The van der Waals surface area contributed by atoms with Crippen LogP contribution in [0.15, 0.2) is 0 Å². The van der Waals surface area contributed by atoms with Crippen LogP contribution in [0.3, 0.4) is 0 Å². The van der Waals surface area contributed by atoms with Crippen LogP contribution < -0.4 is 19.6 Å². The van der Waals surface area contributed by atoms with Crippen molar-refractivity contribution in [2.75, 3.05) is 51.1 Å². The van der Waals surface area contributed by atoms with Gasteiger partial charge in [-0.15, -0.1) is 0 Å². The average Bonchev–Trinajstić information content (AvgIpc) is 3.27. The molecule has 0 aromatic heterocycles. The summed E-state index contributed by atoms with van der Waals surface area (Å²) in [6.07, 6.45) is 24.6. The standard InChI is InChI=1S/4C12H27O3P.Mo/c4*1-4-7-9-12(6-3)11-15-16(13,14)10-8-5-2;/h4*12H,4-11H2,1-3H3,(H,13,14);/q;;;;+4/p-4. The molecule has 0 spiro atoms. The first-order chi connectivity index (χ1) is 30.2. The van der Waals surface area contributed by atoms with Crippen LogP contribution in [-0.4, -0.2) is 51.1 Å². The number of rotatable bonds is 40. The van der Waals surface area contributed by atoms with Crippen molar-refractivity contribution >= 4 is 30.4 Å². The zero-order valence-electron chi connectivity index (χ0n) is 44.0. The summed E-state index contributed by atoms with van der Waals surface area (Å²) in [6.45, 7) is 26.4. The normalized spacial score (nSPS) is 16.7. The summed E-state index contributed by atoms with van der Waals surface area (Å²) >= 11 is 0. The Kier molecular flexibility index (Phi) is 58.1. The Bertz CT molecular complexity index is 1010. The van der Waals surface area contributed by atoms with E-state index in [9.17, 15) is 37.8 Å². The number of hydrogen-bond acceptors (Lipinski definition) is 12. The monoisotopic (exact) mass is 1090 g/mol. The van der Waals surface area contributed by atoms with E-state index in [4.69, 9.17) is 18.1 Å². The van der Waals surface area contributed by atoms with E-state index in [-0.39, 0.29) is 45.7 Å². The minimum atomic E-state index is -3.56. The van der Waals surface area contributed by atoms with E-state index in [0.717, 1.165) is 128 Å². The average molecular weight is 1090 g/mol. The Morgan fingerprint density at radius 2 is 0.462 bits per heavy atom. The predicted molar refractivity (Wildman–Crippen MR) is 267 cm³/mol. The maximum absolute atomic E-state index is 11.5. The van der Waals surface area contributed by atoms with Gasteiger partial charge in [0.25, 0.3) is 0 Å². The van der Waals surface area contributed by atoms with Gasteiger partial charge < -0.3 is 55.9 Å². The molecule has 0 saturated heterocycles. The summed E-state index contributed by atoms with van der Waals surface area (Å²) < 4.78 is 66.3. The van der Waals surface area contributed by atoms with Gasteiger partial charge in [0.1, 0.15) is 30.4 Å². The van der Waals surface area contributed by atoms with Crippen molar-refractivity contribution < 1.29 is 77.0 Å². The first kappa shape index (κ1) is 75.2. The molecule has 0 N–H and O–H groups in total. The van der Waals surface area contributed by atoms with Crippen molar-refractivity contribution in [2.45, 2.75) is 237 Å². The van der Waals surface area contributed by atoms with E-state index in [0.29, 0.717) is 75.8 Å². The largest absolute Gasteiger partial charge is 4.00 e. The van der Waals surface area contributed by atoms with Crippen molar-refractivity contribution in [3.8, 4) is 0 Å².